The van der Waals surface area contributed by atoms with Crippen molar-refractivity contribution in [3.8, 4) is 16.5 Å². The lowest BCUT2D eigenvalue weighted by Crippen LogP contribution is -2.44. The van der Waals surface area contributed by atoms with Gasteiger partial charge in [0.25, 0.3) is 0 Å². The van der Waals surface area contributed by atoms with Crippen LogP contribution in [0.5, 0.6) is 5.75 Å². The number of hydrogen-bond acceptors (Lipinski definition) is 7. The summed E-state index contributed by atoms with van der Waals surface area (Å²) in [5.74, 6) is 0.148. The van der Waals surface area contributed by atoms with Crippen molar-refractivity contribution in [2.75, 3.05) is 23.4 Å². The number of imidazole rings is 1. The summed E-state index contributed by atoms with van der Waals surface area (Å²) in [6.07, 6.45) is -4.37. The van der Waals surface area contributed by atoms with Crippen LogP contribution in [0, 0.1) is 0 Å². The summed E-state index contributed by atoms with van der Waals surface area (Å²) in [5, 5.41) is 3.53. The van der Waals surface area contributed by atoms with Gasteiger partial charge in [-0.25, -0.2) is 14.7 Å². The molecule has 3 N–H and O–H groups in total. The first-order valence-electron chi connectivity index (χ1n) is 8.58. The van der Waals surface area contributed by atoms with Crippen molar-refractivity contribution in [1.82, 2.24) is 9.55 Å². The van der Waals surface area contributed by atoms with Crippen LogP contribution < -0.4 is 20.7 Å². The molecule has 4 heterocycles. The summed E-state index contributed by atoms with van der Waals surface area (Å²) < 4.78 is 51.7. The minimum absolute atomic E-state index is 0.147. The van der Waals surface area contributed by atoms with Gasteiger partial charge in [-0.15, -0.1) is 11.3 Å². The first-order valence-corrected chi connectivity index (χ1v) is 9.39. The number of anilines is 2. The van der Waals surface area contributed by atoms with Gasteiger partial charge in [-0.05, 0) is 6.92 Å². The molecule has 1 fully saturated rings. The van der Waals surface area contributed by atoms with Gasteiger partial charge < -0.3 is 25.1 Å². The standard InChI is InChI=1S/C16H16F3N5O4S/c1-7(13(20)25)21-11-4-8-12(29-11)14-22-10(5-23(14)2-3-27-8)24-9(16(17,18)19)6-28-15(24)26/h4-5,7,9,21H,2-3,6H2,1H3,(H2,20,25)/t7?,9-/m0/s1. The summed E-state index contributed by atoms with van der Waals surface area (Å²) in [5.41, 5.74) is 5.26. The van der Waals surface area contributed by atoms with E-state index in [0.29, 0.717) is 32.9 Å². The SMILES string of the molecule is CC(Nc1cc2c(s1)-c1nc(N3C(=O)OC[C@H]3C(F)(F)F)cn1CCO2)C(N)=O. The molecule has 4 rings (SSSR count). The van der Waals surface area contributed by atoms with Crippen LogP contribution in [0.4, 0.5) is 28.8 Å². The third-order valence-corrected chi connectivity index (χ3v) is 5.58. The molecule has 2 aliphatic rings. The maximum absolute atomic E-state index is 13.3. The zero-order valence-electron chi connectivity index (χ0n) is 15.0. The molecule has 2 aromatic heterocycles. The minimum Gasteiger partial charge on any atom is -0.490 e. The molecule has 2 aliphatic heterocycles. The van der Waals surface area contributed by atoms with Gasteiger partial charge in [0.05, 0.1) is 11.5 Å². The molecule has 1 saturated heterocycles. The van der Waals surface area contributed by atoms with Crippen LogP contribution in [0.15, 0.2) is 12.3 Å². The molecule has 0 saturated carbocycles. The van der Waals surface area contributed by atoms with Gasteiger partial charge in [0, 0.05) is 12.3 Å². The molecule has 0 aromatic carbocycles. The number of nitrogens with zero attached hydrogens (tertiary/aromatic N) is 3. The number of amides is 2. The zero-order chi connectivity index (χ0) is 20.9. The van der Waals surface area contributed by atoms with E-state index in [1.54, 1.807) is 17.6 Å². The molecular weight excluding hydrogens is 415 g/mol. The highest BCUT2D eigenvalue weighted by Gasteiger charge is 2.52. The van der Waals surface area contributed by atoms with Gasteiger partial charge in [-0.2, -0.15) is 13.2 Å². The van der Waals surface area contributed by atoms with Gasteiger partial charge in [0.1, 0.15) is 29.9 Å². The van der Waals surface area contributed by atoms with Crippen LogP contribution in [-0.2, 0) is 16.1 Å². The number of ether oxygens (including phenoxy) is 2. The quantitative estimate of drug-likeness (QED) is 0.768. The first kappa shape index (κ1) is 19.4. The van der Waals surface area contributed by atoms with E-state index < -0.39 is 36.9 Å². The topological polar surface area (TPSA) is 112 Å². The highest BCUT2D eigenvalue weighted by molar-refractivity contribution is 7.19. The predicted molar refractivity (Wildman–Crippen MR) is 97.0 cm³/mol. The smallest absolute Gasteiger partial charge is 0.416 e. The average molecular weight is 431 g/mol. The van der Waals surface area contributed by atoms with E-state index in [9.17, 15) is 22.8 Å². The number of carbonyl (C=O) groups is 2. The third kappa shape index (κ3) is 3.45. The number of nitrogens with one attached hydrogen (secondary N) is 1. The fourth-order valence-electron chi connectivity index (χ4n) is 3.03. The summed E-state index contributed by atoms with van der Waals surface area (Å²) in [6, 6.07) is -1.05. The Kier molecular flexibility index (Phi) is 4.56. The van der Waals surface area contributed by atoms with E-state index in [1.165, 1.54) is 17.5 Å². The van der Waals surface area contributed by atoms with E-state index in [2.05, 4.69) is 15.0 Å². The van der Waals surface area contributed by atoms with Crippen LogP contribution >= 0.6 is 11.3 Å². The first-order chi connectivity index (χ1) is 13.6. The largest absolute Gasteiger partial charge is 0.490 e. The molecule has 2 aromatic rings. The van der Waals surface area contributed by atoms with Crippen molar-refractivity contribution >= 4 is 34.2 Å². The molecule has 0 spiro atoms. The number of cyclic esters (lactones) is 1. The number of carbonyl (C=O) groups excluding carboxylic acids is 2. The maximum Gasteiger partial charge on any atom is 0.416 e. The molecular formula is C16H16F3N5O4S. The van der Waals surface area contributed by atoms with Crippen molar-refractivity contribution in [2.45, 2.75) is 31.7 Å². The van der Waals surface area contributed by atoms with Crippen molar-refractivity contribution in [3.05, 3.63) is 12.3 Å². The molecule has 0 aliphatic carbocycles. The second kappa shape index (κ2) is 6.83. The average Bonchev–Trinajstić information content (AvgIpc) is 3.29. The van der Waals surface area contributed by atoms with E-state index >= 15 is 0 Å². The van der Waals surface area contributed by atoms with Gasteiger partial charge >= 0.3 is 12.3 Å². The van der Waals surface area contributed by atoms with Crippen LogP contribution in [0.2, 0.25) is 0 Å². The summed E-state index contributed by atoms with van der Waals surface area (Å²) in [6.45, 7) is 1.41. The summed E-state index contributed by atoms with van der Waals surface area (Å²) in [4.78, 5) is 28.5. The Morgan fingerprint density at radius 1 is 1.45 bits per heavy atom. The summed E-state index contributed by atoms with van der Waals surface area (Å²) in [7, 11) is 0. The fraction of sp³-hybridized carbons (Fsp3) is 0.438. The Hall–Kier alpha value is -2.96. The normalized spacial score (nSPS) is 19.7. The van der Waals surface area contributed by atoms with E-state index in [0.717, 1.165) is 0 Å². The molecule has 2 amide bonds. The van der Waals surface area contributed by atoms with Crippen LogP contribution in [0.25, 0.3) is 10.7 Å². The zero-order valence-corrected chi connectivity index (χ0v) is 15.8. The van der Waals surface area contributed by atoms with Crippen LogP contribution in [0.1, 0.15) is 6.92 Å². The molecule has 29 heavy (non-hydrogen) atoms. The number of alkyl halides is 3. The molecule has 13 heteroatoms. The number of hydrogen-bond donors (Lipinski definition) is 2. The highest BCUT2D eigenvalue weighted by Crippen LogP contribution is 2.44. The number of fused-ring (bicyclic) bond motifs is 3. The molecule has 2 atom stereocenters. The number of rotatable bonds is 4. The lowest BCUT2D eigenvalue weighted by atomic mass is 10.3. The Labute approximate surface area is 166 Å². The maximum atomic E-state index is 13.3. The molecule has 9 nitrogen and oxygen atoms in total. The number of nitrogens with two attached hydrogens (primary N) is 1. The molecule has 1 unspecified atom stereocenters. The highest BCUT2D eigenvalue weighted by atomic mass is 32.1. The Balaban J connectivity index is 1.70. The number of primary amides is 1. The number of aromatic nitrogens is 2. The molecule has 156 valence electrons. The van der Waals surface area contributed by atoms with Gasteiger partial charge in [-0.1, -0.05) is 0 Å². The monoisotopic (exact) mass is 431 g/mol. The van der Waals surface area contributed by atoms with E-state index in [1.807, 2.05) is 0 Å². The van der Waals surface area contributed by atoms with Crippen LogP contribution in [0.3, 0.4) is 0 Å². The Morgan fingerprint density at radius 2 is 2.21 bits per heavy atom. The number of halogens is 3. The third-order valence-electron chi connectivity index (χ3n) is 4.54. The van der Waals surface area contributed by atoms with E-state index in [4.69, 9.17) is 10.5 Å². The minimum atomic E-state index is -4.65. The second-order valence-corrected chi connectivity index (χ2v) is 7.59. The number of thiophene rings is 1. The molecule has 0 radical (unpaired) electrons. The van der Waals surface area contributed by atoms with Crippen molar-refractivity contribution < 1.29 is 32.2 Å². The van der Waals surface area contributed by atoms with Crippen molar-refractivity contribution in [1.29, 1.82) is 0 Å². The van der Waals surface area contributed by atoms with Gasteiger partial charge in [-0.3, -0.25) is 4.79 Å². The Morgan fingerprint density at radius 3 is 2.90 bits per heavy atom. The molecule has 0 bridgehead atoms. The van der Waals surface area contributed by atoms with Crippen molar-refractivity contribution in [3.63, 3.8) is 0 Å². The van der Waals surface area contributed by atoms with Gasteiger partial charge in [0.2, 0.25) is 5.91 Å². The lowest BCUT2D eigenvalue weighted by molar-refractivity contribution is -0.147. The Bertz CT molecular complexity index is 972. The van der Waals surface area contributed by atoms with Gasteiger partial charge in [0.15, 0.2) is 17.7 Å². The van der Waals surface area contributed by atoms with Crippen molar-refractivity contribution in [2.24, 2.45) is 5.73 Å². The predicted octanol–water partition coefficient (Wildman–Crippen LogP) is 2.18. The lowest BCUT2D eigenvalue weighted by Gasteiger charge is -2.21. The van der Waals surface area contributed by atoms with Crippen LogP contribution in [-0.4, -0.2) is 53.0 Å². The fourth-order valence-corrected chi connectivity index (χ4v) is 4.13. The van der Waals surface area contributed by atoms with E-state index in [-0.39, 0.29) is 12.4 Å². The second-order valence-electron chi connectivity index (χ2n) is 6.54. The summed E-state index contributed by atoms with van der Waals surface area (Å²) >= 11 is 1.22.